The molecule has 2 aromatic carbocycles. The summed E-state index contributed by atoms with van der Waals surface area (Å²) >= 11 is 0. The van der Waals surface area contributed by atoms with Crippen molar-refractivity contribution in [3.8, 4) is 0 Å². The third-order valence-corrected chi connectivity index (χ3v) is 5.01. The van der Waals surface area contributed by atoms with Gasteiger partial charge in [0.25, 0.3) is 5.69 Å². The minimum atomic E-state index is -0.524. The highest BCUT2D eigenvalue weighted by Gasteiger charge is 2.29. The fraction of sp³-hybridized carbons (Fsp3) is 0.350. The second-order valence-corrected chi connectivity index (χ2v) is 6.64. The van der Waals surface area contributed by atoms with Gasteiger partial charge in [-0.3, -0.25) is 14.9 Å². The van der Waals surface area contributed by atoms with Crippen LogP contribution in [0.2, 0.25) is 0 Å². The Bertz CT molecular complexity index is 770. The summed E-state index contributed by atoms with van der Waals surface area (Å²) in [5.74, 6) is 0.0134. The van der Waals surface area contributed by atoms with E-state index in [1.807, 2.05) is 30.3 Å². The number of carbonyl (C=O) groups excluding carboxylic acids is 1. The van der Waals surface area contributed by atoms with Gasteiger partial charge in [0.05, 0.1) is 17.4 Å². The van der Waals surface area contributed by atoms with Crippen LogP contribution in [-0.4, -0.2) is 33.9 Å². The fourth-order valence-corrected chi connectivity index (χ4v) is 3.50. The standard InChI is InChI=1S/C20H22N2O4/c23-19(14-17-8-4-5-9-18(17)22(25)26)21-12-10-16(11-13-21)20(24)15-6-2-1-3-7-15/h1-9,16,20,24H,10-14H2. The van der Waals surface area contributed by atoms with Crippen LogP contribution in [0.5, 0.6) is 0 Å². The van der Waals surface area contributed by atoms with Crippen LogP contribution in [0.1, 0.15) is 30.1 Å². The number of hydrogen-bond donors (Lipinski definition) is 1. The van der Waals surface area contributed by atoms with Crippen molar-refractivity contribution in [1.82, 2.24) is 4.90 Å². The van der Waals surface area contributed by atoms with E-state index < -0.39 is 11.0 Å². The van der Waals surface area contributed by atoms with Crippen molar-refractivity contribution in [3.05, 3.63) is 75.8 Å². The van der Waals surface area contributed by atoms with Gasteiger partial charge in [-0.2, -0.15) is 0 Å². The van der Waals surface area contributed by atoms with Gasteiger partial charge in [-0.05, 0) is 24.3 Å². The fourth-order valence-electron chi connectivity index (χ4n) is 3.50. The van der Waals surface area contributed by atoms with E-state index in [0.29, 0.717) is 18.7 Å². The number of hydrogen-bond acceptors (Lipinski definition) is 4. The van der Waals surface area contributed by atoms with Gasteiger partial charge in [-0.15, -0.1) is 0 Å². The molecule has 2 aromatic rings. The molecule has 1 saturated heterocycles. The van der Waals surface area contributed by atoms with Crippen LogP contribution >= 0.6 is 0 Å². The van der Waals surface area contributed by atoms with Crippen LogP contribution in [0.3, 0.4) is 0 Å². The SMILES string of the molecule is O=C(Cc1ccccc1[N+](=O)[O-])N1CCC(C(O)c2ccccc2)CC1. The molecule has 0 spiro atoms. The van der Waals surface area contributed by atoms with E-state index in [-0.39, 0.29) is 23.9 Å². The molecule has 6 nitrogen and oxygen atoms in total. The van der Waals surface area contributed by atoms with Crippen LogP contribution in [0.4, 0.5) is 5.69 Å². The number of nitro benzene ring substituents is 1. The van der Waals surface area contributed by atoms with Gasteiger partial charge in [0.1, 0.15) is 0 Å². The van der Waals surface area contributed by atoms with Crippen LogP contribution < -0.4 is 0 Å². The Hall–Kier alpha value is -2.73. The topological polar surface area (TPSA) is 83.7 Å². The lowest BCUT2D eigenvalue weighted by atomic mass is 9.87. The Kier molecular flexibility index (Phi) is 5.63. The van der Waals surface area contributed by atoms with Gasteiger partial charge in [0.15, 0.2) is 0 Å². The average molecular weight is 354 g/mol. The molecule has 1 heterocycles. The number of benzene rings is 2. The lowest BCUT2D eigenvalue weighted by Gasteiger charge is -2.34. The molecule has 1 N–H and O–H groups in total. The third-order valence-electron chi connectivity index (χ3n) is 5.01. The van der Waals surface area contributed by atoms with Gasteiger partial charge in [0.2, 0.25) is 5.91 Å². The second kappa shape index (κ2) is 8.10. The highest BCUT2D eigenvalue weighted by molar-refractivity contribution is 5.80. The Morgan fingerprint density at radius 3 is 2.38 bits per heavy atom. The van der Waals surface area contributed by atoms with Gasteiger partial charge >= 0.3 is 0 Å². The number of nitro groups is 1. The van der Waals surface area contributed by atoms with Crippen molar-refractivity contribution in [3.63, 3.8) is 0 Å². The van der Waals surface area contributed by atoms with Crippen molar-refractivity contribution in [2.24, 2.45) is 5.92 Å². The first kappa shape index (κ1) is 18.1. The summed E-state index contributed by atoms with van der Waals surface area (Å²) in [5, 5.41) is 21.6. The average Bonchev–Trinajstić information content (AvgIpc) is 2.68. The predicted molar refractivity (Wildman–Crippen MR) is 97.5 cm³/mol. The number of aliphatic hydroxyl groups is 1. The molecule has 26 heavy (non-hydrogen) atoms. The molecule has 6 heteroatoms. The Morgan fingerprint density at radius 2 is 1.73 bits per heavy atom. The van der Waals surface area contributed by atoms with E-state index in [1.54, 1.807) is 23.1 Å². The smallest absolute Gasteiger partial charge is 0.273 e. The molecule has 136 valence electrons. The molecular weight excluding hydrogens is 332 g/mol. The molecule has 0 radical (unpaired) electrons. The van der Waals surface area contributed by atoms with E-state index in [4.69, 9.17) is 0 Å². The van der Waals surface area contributed by atoms with Gasteiger partial charge in [0, 0.05) is 24.7 Å². The number of nitrogens with zero attached hydrogens (tertiary/aromatic N) is 2. The Balaban J connectivity index is 1.58. The molecule has 0 aliphatic carbocycles. The Labute approximate surface area is 152 Å². The summed E-state index contributed by atoms with van der Waals surface area (Å²) in [6.45, 7) is 1.13. The molecule has 1 fully saturated rings. The van der Waals surface area contributed by atoms with Crippen molar-refractivity contribution in [2.75, 3.05) is 13.1 Å². The first-order valence-corrected chi connectivity index (χ1v) is 8.79. The molecule has 1 unspecified atom stereocenters. The van der Waals surface area contributed by atoms with E-state index in [9.17, 15) is 20.0 Å². The zero-order chi connectivity index (χ0) is 18.5. The number of likely N-dealkylation sites (tertiary alicyclic amines) is 1. The van der Waals surface area contributed by atoms with E-state index >= 15 is 0 Å². The van der Waals surface area contributed by atoms with Crippen LogP contribution in [-0.2, 0) is 11.2 Å². The van der Waals surface area contributed by atoms with Crippen LogP contribution in [0.25, 0.3) is 0 Å². The van der Waals surface area contributed by atoms with Crippen molar-refractivity contribution >= 4 is 11.6 Å². The molecule has 1 amide bonds. The highest BCUT2D eigenvalue weighted by atomic mass is 16.6. The summed E-state index contributed by atoms with van der Waals surface area (Å²) in [6.07, 6.45) is 0.948. The minimum absolute atomic E-state index is 0.0183. The van der Waals surface area contributed by atoms with Crippen LogP contribution in [0, 0.1) is 16.0 Å². The van der Waals surface area contributed by atoms with Gasteiger partial charge in [-0.1, -0.05) is 48.5 Å². The molecule has 3 rings (SSSR count). The van der Waals surface area contributed by atoms with Crippen molar-refractivity contribution < 1.29 is 14.8 Å². The summed E-state index contributed by atoms with van der Waals surface area (Å²) in [5.41, 5.74) is 1.32. The zero-order valence-electron chi connectivity index (χ0n) is 14.5. The van der Waals surface area contributed by atoms with Crippen molar-refractivity contribution in [1.29, 1.82) is 0 Å². The minimum Gasteiger partial charge on any atom is -0.388 e. The lowest BCUT2D eigenvalue weighted by Crippen LogP contribution is -2.40. The quantitative estimate of drug-likeness (QED) is 0.660. The number of aliphatic hydroxyl groups excluding tert-OH is 1. The Morgan fingerprint density at radius 1 is 1.12 bits per heavy atom. The zero-order valence-corrected chi connectivity index (χ0v) is 14.5. The molecule has 1 aliphatic heterocycles. The summed E-state index contributed by atoms with van der Waals surface area (Å²) in [7, 11) is 0. The molecule has 0 aromatic heterocycles. The number of rotatable bonds is 5. The van der Waals surface area contributed by atoms with Crippen LogP contribution in [0.15, 0.2) is 54.6 Å². The number of amides is 1. The van der Waals surface area contributed by atoms with Crippen molar-refractivity contribution in [2.45, 2.75) is 25.4 Å². The highest BCUT2D eigenvalue weighted by Crippen LogP contribution is 2.31. The normalized spacial score (nSPS) is 16.3. The van der Waals surface area contributed by atoms with E-state index in [0.717, 1.165) is 18.4 Å². The maximum absolute atomic E-state index is 12.5. The summed E-state index contributed by atoms with van der Waals surface area (Å²) in [4.78, 5) is 24.9. The first-order valence-electron chi connectivity index (χ1n) is 8.79. The van der Waals surface area contributed by atoms with Gasteiger partial charge in [-0.25, -0.2) is 0 Å². The van der Waals surface area contributed by atoms with E-state index in [1.165, 1.54) is 6.07 Å². The third kappa shape index (κ3) is 4.08. The number of carbonyl (C=O) groups is 1. The molecule has 1 aliphatic rings. The monoisotopic (exact) mass is 354 g/mol. The maximum atomic E-state index is 12.5. The molecule has 0 saturated carbocycles. The largest absolute Gasteiger partial charge is 0.388 e. The lowest BCUT2D eigenvalue weighted by molar-refractivity contribution is -0.385. The second-order valence-electron chi connectivity index (χ2n) is 6.64. The van der Waals surface area contributed by atoms with Gasteiger partial charge < -0.3 is 10.0 Å². The summed E-state index contributed by atoms with van der Waals surface area (Å²) < 4.78 is 0. The summed E-state index contributed by atoms with van der Waals surface area (Å²) in [6, 6.07) is 15.9. The van der Waals surface area contributed by atoms with E-state index in [2.05, 4.69) is 0 Å². The first-order chi connectivity index (χ1) is 12.6. The molecular formula is C20H22N2O4. The number of para-hydroxylation sites is 1. The molecule has 1 atom stereocenters. The number of piperidine rings is 1. The molecule has 0 bridgehead atoms. The maximum Gasteiger partial charge on any atom is 0.273 e. The predicted octanol–water partition coefficient (Wildman–Crippen LogP) is 3.11.